The minimum absolute atomic E-state index is 0.000182. The first-order valence-electron chi connectivity index (χ1n) is 8.28. The fourth-order valence-corrected chi connectivity index (χ4v) is 3.23. The van der Waals surface area contributed by atoms with E-state index in [1.165, 1.54) is 54.3 Å². The summed E-state index contributed by atoms with van der Waals surface area (Å²) in [5, 5.41) is 29.9. The second-order valence-electron chi connectivity index (χ2n) is 5.72. The lowest BCUT2D eigenvalue weighted by atomic mass is 10.1. The normalized spacial score (nSPS) is 10.3. The minimum atomic E-state index is -1.16. The van der Waals surface area contributed by atoms with Crippen LogP contribution in [0.1, 0.15) is 26.3 Å². The molecule has 150 valence electrons. The largest absolute Gasteiger partial charge is 0.478 e. The zero-order valence-corrected chi connectivity index (χ0v) is 16.2. The molecule has 3 aromatic rings. The van der Waals surface area contributed by atoms with E-state index >= 15 is 0 Å². The van der Waals surface area contributed by atoms with E-state index in [9.17, 15) is 19.8 Å². The summed E-state index contributed by atoms with van der Waals surface area (Å²) in [5.74, 6) is -1.38. The Kier molecular flexibility index (Phi) is 6.14. The van der Waals surface area contributed by atoms with Crippen molar-refractivity contribution in [2.24, 2.45) is 0 Å². The highest BCUT2D eigenvalue weighted by atomic mass is 32.2. The summed E-state index contributed by atoms with van der Waals surface area (Å²) in [6.07, 6.45) is 0. The first kappa shape index (κ1) is 20.6. The smallest absolute Gasteiger partial charge is 0.335 e. The Bertz CT molecular complexity index is 1170. The summed E-state index contributed by atoms with van der Waals surface area (Å²) in [6.45, 7) is 0. The first-order valence-corrected chi connectivity index (χ1v) is 9.26. The number of benzene rings is 2. The first-order chi connectivity index (χ1) is 14.4. The van der Waals surface area contributed by atoms with Crippen LogP contribution >= 0.6 is 11.8 Å². The van der Waals surface area contributed by atoms with E-state index in [0.717, 1.165) is 11.8 Å². The lowest BCUT2D eigenvalue weighted by molar-refractivity contribution is -0.736. The predicted molar refractivity (Wildman–Crippen MR) is 103 cm³/mol. The molecular weight excluding hydrogens is 412 g/mol. The van der Waals surface area contributed by atoms with Crippen LogP contribution in [0, 0.1) is 16.2 Å². The van der Waals surface area contributed by atoms with Crippen molar-refractivity contribution in [2.75, 3.05) is 12.9 Å². The van der Waals surface area contributed by atoms with E-state index in [4.69, 9.17) is 5.11 Å². The van der Waals surface area contributed by atoms with Gasteiger partial charge in [0.15, 0.2) is 12.9 Å². The van der Waals surface area contributed by atoms with Gasteiger partial charge in [0.1, 0.15) is 6.07 Å². The number of nitrogens with zero attached hydrogens (tertiary/aromatic N) is 6. The Hall–Kier alpha value is -4.11. The average Bonchev–Trinajstić information content (AvgIpc) is 3.24. The fraction of sp³-hybridized carbons (Fsp3) is 0.111. The molecule has 0 aliphatic heterocycles. The Morgan fingerprint density at radius 2 is 1.93 bits per heavy atom. The molecule has 0 aliphatic carbocycles. The molecule has 0 atom stereocenters. The Morgan fingerprint density at radius 3 is 2.57 bits per heavy atom. The lowest BCUT2D eigenvalue weighted by Gasteiger charge is -2.07. The Balaban J connectivity index is 1.77. The van der Waals surface area contributed by atoms with E-state index in [1.807, 2.05) is 6.07 Å². The second kappa shape index (κ2) is 8.93. The van der Waals surface area contributed by atoms with Gasteiger partial charge in [-0.1, -0.05) is 11.8 Å². The van der Waals surface area contributed by atoms with Crippen LogP contribution in [0.3, 0.4) is 0 Å². The van der Waals surface area contributed by atoms with Crippen molar-refractivity contribution in [2.45, 2.75) is 5.16 Å². The van der Waals surface area contributed by atoms with E-state index in [0.29, 0.717) is 16.2 Å². The molecule has 3 rings (SSSR count). The van der Waals surface area contributed by atoms with E-state index < -0.39 is 5.97 Å². The third kappa shape index (κ3) is 4.31. The van der Waals surface area contributed by atoms with Crippen LogP contribution in [-0.2, 0) is 4.84 Å². The molecule has 0 aliphatic rings. The third-order valence-electron chi connectivity index (χ3n) is 3.93. The number of aromatic nitrogens is 4. The van der Waals surface area contributed by atoms with Gasteiger partial charge in [-0.05, 0) is 40.8 Å². The molecule has 11 nitrogen and oxygen atoms in total. The maximum absolute atomic E-state index is 12.4. The quantitative estimate of drug-likeness (QED) is 0.323. The number of thioether (sulfide) groups is 1. The number of carbonyl (C=O) groups is 2. The van der Waals surface area contributed by atoms with Crippen molar-refractivity contribution >= 4 is 29.2 Å². The van der Waals surface area contributed by atoms with Gasteiger partial charge in [-0.25, -0.2) is 9.63 Å². The van der Waals surface area contributed by atoms with Gasteiger partial charge in [-0.15, -0.1) is 5.10 Å². The van der Waals surface area contributed by atoms with E-state index in [1.54, 1.807) is 0 Å². The average molecular weight is 425 g/mol. The summed E-state index contributed by atoms with van der Waals surface area (Å²) < 4.78 is 1.26. The van der Waals surface area contributed by atoms with Crippen molar-refractivity contribution in [1.29, 1.82) is 5.26 Å². The van der Waals surface area contributed by atoms with Gasteiger partial charge in [0.05, 0.1) is 27.5 Å². The molecule has 0 saturated carbocycles. The van der Waals surface area contributed by atoms with Gasteiger partial charge in [-0.2, -0.15) is 9.94 Å². The highest BCUT2D eigenvalue weighted by Gasteiger charge is 2.18. The van der Waals surface area contributed by atoms with E-state index in [2.05, 4.69) is 20.4 Å². The van der Waals surface area contributed by atoms with Crippen LogP contribution in [-0.4, -0.2) is 54.9 Å². The summed E-state index contributed by atoms with van der Waals surface area (Å²) in [7, 11) is 1.24. The molecule has 1 N–H and O–H groups in total. The predicted octanol–water partition coefficient (Wildman–Crippen LogP) is 2.18. The summed E-state index contributed by atoms with van der Waals surface area (Å²) >= 11 is 1.05. The van der Waals surface area contributed by atoms with Gasteiger partial charge in [0, 0.05) is 17.7 Å². The Labute approximate surface area is 173 Å². The van der Waals surface area contributed by atoms with Crippen LogP contribution in [0.4, 0.5) is 5.69 Å². The number of hydrogen-bond donors (Lipinski definition) is 1. The number of aromatic carboxylic acids is 1. The molecule has 0 amide bonds. The summed E-state index contributed by atoms with van der Waals surface area (Å²) in [5.41, 5.74) is 0.965. The van der Waals surface area contributed by atoms with Gasteiger partial charge < -0.3 is 5.11 Å². The molecule has 2 aromatic carbocycles. The van der Waals surface area contributed by atoms with Crippen molar-refractivity contribution in [1.82, 2.24) is 20.2 Å². The zero-order valence-electron chi connectivity index (χ0n) is 15.4. The molecular formula is C18H13N6O5S+. The van der Waals surface area contributed by atoms with Gasteiger partial charge >= 0.3 is 11.7 Å². The molecule has 1 aromatic heterocycles. The number of carboxylic acid groups (broad SMARTS) is 1. The molecule has 1 heterocycles. The summed E-state index contributed by atoms with van der Waals surface area (Å²) in [6, 6.07) is 11.8. The number of nitriles is 1. The van der Waals surface area contributed by atoms with Crippen LogP contribution in [0.2, 0.25) is 0 Å². The molecule has 0 fully saturated rings. The summed E-state index contributed by atoms with van der Waals surface area (Å²) in [4.78, 5) is 39.8. The van der Waals surface area contributed by atoms with Gasteiger partial charge in [-0.3, -0.25) is 4.79 Å². The molecule has 12 heteroatoms. The van der Waals surface area contributed by atoms with Crippen molar-refractivity contribution < 1.29 is 24.5 Å². The minimum Gasteiger partial charge on any atom is -0.478 e. The third-order valence-corrected chi connectivity index (χ3v) is 4.85. The molecule has 30 heavy (non-hydrogen) atoms. The number of Topliss-reactive ketones (excluding diaryl/α,β-unsaturated/α-hetero) is 1. The number of rotatable bonds is 8. The molecule has 0 radical (unpaired) electrons. The highest BCUT2D eigenvalue weighted by Crippen LogP contribution is 2.23. The molecule has 0 unspecified atom stereocenters. The van der Waals surface area contributed by atoms with Crippen LogP contribution in [0.15, 0.2) is 47.6 Å². The number of carboxylic acids is 1. The molecule has 0 saturated heterocycles. The maximum Gasteiger partial charge on any atom is 0.335 e. The fourth-order valence-electron chi connectivity index (χ4n) is 2.45. The molecule has 0 bridgehead atoms. The number of hydrogen-bond acceptors (Lipinski definition) is 9. The highest BCUT2D eigenvalue weighted by molar-refractivity contribution is 7.99. The maximum atomic E-state index is 12.4. The number of carbonyl (C=O) groups excluding carboxylic acids is 1. The van der Waals surface area contributed by atoms with Crippen molar-refractivity contribution in [3.63, 3.8) is 0 Å². The van der Waals surface area contributed by atoms with E-state index in [-0.39, 0.29) is 33.5 Å². The van der Waals surface area contributed by atoms with Gasteiger partial charge in [0.2, 0.25) is 5.16 Å². The zero-order chi connectivity index (χ0) is 21.7. The van der Waals surface area contributed by atoms with Crippen molar-refractivity contribution in [3.8, 4) is 11.8 Å². The topological polar surface area (TPSA) is 151 Å². The SMILES string of the molecule is CO[N+](=O)c1ccc(C(=O)CSc2nnnn2-c2ccc(C(=O)O)cc2C#N)cc1. The second-order valence-corrected chi connectivity index (χ2v) is 6.66. The number of ketones is 1. The lowest BCUT2D eigenvalue weighted by Crippen LogP contribution is -2.07. The van der Waals surface area contributed by atoms with Crippen LogP contribution in [0.25, 0.3) is 5.69 Å². The number of tetrazole rings is 1. The Morgan fingerprint density at radius 1 is 1.23 bits per heavy atom. The monoisotopic (exact) mass is 425 g/mol. The molecule has 0 spiro atoms. The van der Waals surface area contributed by atoms with Crippen LogP contribution < -0.4 is 0 Å². The van der Waals surface area contributed by atoms with Crippen molar-refractivity contribution in [3.05, 3.63) is 64.1 Å². The van der Waals surface area contributed by atoms with Gasteiger partial charge in [0.25, 0.3) is 4.92 Å². The van der Waals surface area contributed by atoms with Crippen LogP contribution in [0.5, 0.6) is 0 Å². The standard InChI is InChI=1S/C18H12N6O5S/c1-29-24(28)14-5-2-11(3-6-14)16(25)10-30-18-20-21-22-23(18)15-7-4-12(17(26)27)8-13(15)9-19/h2-8H,10H2,1H3/p+1.